The van der Waals surface area contributed by atoms with Crippen LogP contribution in [0.1, 0.15) is 60.1 Å². The largest absolute Gasteiger partial charge is 0.432 e. The van der Waals surface area contributed by atoms with Gasteiger partial charge in [-0.2, -0.15) is 10.1 Å². The summed E-state index contributed by atoms with van der Waals surface area (Å²) in [6.45, 7) is 0. The van der Waals surface area contributed by atoms with Gasteiger partial charge < -0.3 is 9.32 Å². The van der Waals surface area contributed by atoms with Gasteiger partial charge in [0.2, 0.25) is 0 Å². The lowest BCUT2D eigenvalue weighted by Crippen LogP contribution is -2.47. The predicted octanol–water partition coefficient (Wildman–Crippen LogP) is 3.75. The summed E-state index contributed by atoms with van der Waals surface area (Å²) in [5.41, 5.74) is 1.48. The number of aromatic nitrogens is 5. The number of halogens is 2. The molecule has 3 atom stereocenters. The number of nitrogens with zero attached hydrogens (tertiary/aromatic N) is 6. The van der Waals surface area contributed by atoms with E-state index in [-0.39, 0.29) is 41.3 Å². The zero-order valence-corrected chi connectivity index (χ0v) is 16.4. The third-order valence-corrected chi connectivity index (χ3v) is 6.44. The minimum Gasteiger partial charge on any atom is -0.432 e. The van der Waals surface area contributed by atoms with Crippen LogP contribution in [0.3, 0.4) is 0 Å². The summed E-state index contributed by atoms with van der Waals surface area (Å²) in [7, 11) is 0. The number of amides is 1. The summed E-state index contributed by atoms with van der Waals surface area (Å²) in [4.78, 5) is 27.5. The van der Waals surface area contributed by atoms with E-state index >= 15 is 0 Å². The summed E-state index contributed by atoms with van der Waals surface area (Å²) in [6, 6.07) is 8.58. The highest BCUT2D eigenvalue weighted by molar-refractivity contribution is 5.93. The zero-order valence-electron chi connectivity index (χ0n) is 16.4. The molecule has 1 aromatic carbocycles. The van der Waals surface area contributed by atoms with Gasteiger partial charge in [0, 0.05) is 18.0 Å². The number of carbonyl (C=O) groups is 1. The quantitative estimate of drug-likeness (QED) is 0.498. The maximum atomic E-state index is 13.5. The van der Waals surface area contributed by atoms with Crippen molar-refractivity contribution in [2.24, 2.45) is 0 Å². The van der Waals surface area contributed by atoms with E-state index in [4.69, 9.17) is 4.42 Å². The van der Waals surface area contributed by atoms with E-state index in [1.807, 2.05) is 17.0 Å². The molecular formula is C21H18F2N6O2. The molecule has 31 heavy (non-hydrogen) atoms. The first-order chi connectivity index (χ1) is 15.1. The lowest BCUT2D eigenvalue weighted by molar-refractivity contribution is 0.0516. The first-order valence-electron chi connectivity index (χ1n) is 10.3. The van der Waals surface area contributed by atoms with Crippen molar-refractivity contribution in [1.82, 2.24) is 29.5 Å². The molecule has 2 bridgehead atoms. The van der Waals surface area contributed by atoms with E-state index < -0.39 is 6.43 Å². The first-order valence-corrected chi connectivity index (χ1v) is 10.3. The molecule has 10 heteroatoms. The Morgan fingerprint density at radius 2 is 1.97 bits per heavy atom. The summed E-state index contributed by atoms with van der Waals surface area (Å²) in [5, 5.41) is 4.20. The van der Waals surface area contributed by atoms with Crippen molar-refractivity contribution in [3.63, 3.8) is 0 Å². The van der Waals surface area contributed by atoms with Gasteiger partial charge >= 0.3 is 5.91 Å². The first kappa shape index (κ1) is 18.3. The molecule has 0 spiro atoms. The van der Waals surface area contributed by atoms with E-state index in [9.17, 15) is 13.6 Å². The van der Waals surface area contributed by atoms with Gasteiger partial charge in [-0.25, -0.2) is 23.3 Å². The molecule has 6 rings (SSSR count). The Bertz CT molecular complexity index is 1270. The molecule has 1 unspecified atom stereocenters. The van der Waals surface area contributed by atoms with Crippen LogP contribution in [0.4, 0.5) is 8.78 Å². The fourth-order valence-corrected chi connectivity index (χ4v) is 5.12. The second kappa shape index (κ2) is 6.79. The second-order valence-corrected chi connectivity index (χ2v) is 8.06. The van der Waals surface area contributed by atoms with Crippen LogP contribution in [0.2, 0.25) is 0 Å². The third-order valence-electron chi connectivity index (χ3n) is 6.44. The van der Waals surface area contributed by atoms with E-state index in [1.54, 1.807) is 12.1 Å². The van der Waals surface area contributed by atoms with Crippen LogP contribution in [-0.2, 0) is 0 Å². The van der Waals surface area contributed by atoms with Crippen molar-refractivity contribution in [2.75, 3.05) is 0 Å². The van der Waals surface area contributed by atoms with Crippen LogP contribution in [0.5, 0.6) is 0 Å². The zero-order chi connectivity index (χ0) is 21.1. The number of hydrogen-bond acceptors (Lipinski definition) is 6. The molecule has 1 amide bonds. The average molecular weight is 424 g/mol. The summed E-state index contributed by atoms with van der Waals surface area (Å²) in [6.07, 6.45) is 1.79. The number of para-hydroxylation sites is 2. The normalized spacial score (nSPS) is 23.3. The van der Waals surface area contributed by atoms with Crippen molar-refractivity contribution in [3.8, 4) is 0 Å². The maximum absolute atomic E-state index is 13.5. The van der Waals surface area contributed by atoms with Gasteiger partial charge in [0.25, 0.3) is 18.1 Å². The van der Waals surface area contributed by atoms with Crippen molar-refractivity contribution >= 4 is 22.8 Å². The maximum Gasteiger partial charge on any atom is 0.310 e. The van der Waals surface area contributed by atoms with Gasteiger partial charge in [0.1, 0.15) is 17.5 Å². The fourth-order valence-electron chi connectivity index (χ4n) is 5.12. The Morgan fingerprint density at radius 1 is 1.13 bits per heavy atom. The molecule has 5 heterocycles. The highest BCUT2D eigenvalue weighted by Crippen LogP contribution is 2.45. The Balaban J connectivity index is 1.40. The number of oxazole rings is 1. The number of carbonyl (C=O) groups excluding carboxylic acids is 1. The SMILES string of the molecule is O=C(c1nc2ccccc2o1)N1C2CC[C@@H]1CC[C@@H]2c1cc(C(F)F)nc2ncnn12. The molecule has 158 valence electrons. The Hall–Kier alpha value is -3.43. The van der Waals surface area contributed by atoms with Gasteiger partial charge in [-0.1, -0.05) is 12.1 Å². The Kier molecular flexibility index (Phi) is 4.02. The van der Waals surface area contributed by atoms with Crippen LogP contribution in [0, 0.1) is 0 Å². The monoisotopic (exact) mass is 424 g/mol. The number of fused-ring (bicyclic) bond motifs is 4. The van der Waals surface area contributed by atoms with E-state index in [2.05, 4.69) is 20.1 Å². The predicted molar refractivity (Wildman–Crippen MR) is 105 cm³/mol. The minimum atomic E-state index is -2.71. The van der Waals surface area contributed by atoms with Crippen LogP contribution < -0.4 is 0 Å². The highest BCUT2D eigenvalue weighted by Gasteiger charge is 2.47. The average Bonchev–Trinajstić information content (AvgIpc) is 3.48. The molecular weight excluding hydrogens is 406 g/mol. The molecule has 2 fully saturated rings. The Labute approximate surface area is 174 Å². The summed E-state index contributed by atoms with van der Waals surface area (Å²) < 4.78 is 34.1. The second-order valence-electron chi connectivity index (χ2n) is 8.06. The van der Waals surface area contributed by atoms with Gasteiger partial charge in [-0.05, 0) is 43.9 Å². The van der Waals surface area contributed by atoms with Gasteiger partial charge in [-0.15, -0.1) is 0 Å². The molecule has 2 saturated heterocycles. The topological polar surface area (TPSA) is 89.4 Å². The van der Waals surface area contributed by atoms with E-state index in [0.717, 1.165) is 25.7 Å². The minimum absolute atomic E-state index is 0.0626. The number of piperidine rings is 1. The van der Waals surface area contributed by atoms with Gasteiger partial charge in [-0.3, -0.25) is 4.79 Å². The molecule has 0 N–H and O–H groups in total. The summed E-state index contributed by atoms with van der Waals surface area (Å²) >= 11 is 0. The van der Waals surface area contributed by atoms with Crippen LogP contribution >= 0.6 is 0 Å². The van der Waals surface area contributed by atoms with E-state index in [0.29, 0.717) is 16.8 Å². The van der Waals surface area contributed by atoms with Gasteiger partial charge in [0.05, 0.1) is 5.69 Å². The Morgan fingerprint density at radius 3 is 2.81 bits per heavy atom. The van der Waals surface area contributed by atoms with Crippen molar-refractivity contribution in [1.29, 1.82) is 0 Å². The van der Waals surface area contributed by atoms with Gasteiger partial charge in [0.15, 0.2) is 5.58 Å². The third kappa shape index (κ3) is 2.81. The van der Waals surface area contributed by atoms with Crippen molar-refractivity contribution in [3.05, 3.63) is 53.9 Å². The highest BCUT2D eigenvalue weighted by atomic mass is 19.3. The summed E-state index contributed by atoms with van der Waals surface area (Å²) in [5.74, 6) is -0.208. The lowest BCUT2D eigenvalue weighted by atomic mass is 9.87. The standard InChI is InChI=1S/C21H18F2N6O2/c22-18(23)14-9-16(29-21(27-14)24-10-25-29)12-7-5-11-6-8-15(12)28(11)20(30)19-26-13-3-1-2-4-17(13)31-19/h1-4,9-12,15,18H,5-8H2/t11-,12-,15?/m0/s1. The molecule has 2 aliphatic heterocycles. The number of benzene rings is 1. The molecule has 2 aliphatic rings. The molecule has 3 aromatic heterocycles. The van der Waals surface area contributed by atoms with Crippen molar-refractivity contribution < 1.29 is 18.0 Å². The van der Waals surface area contributed by atoms with Crippen molar-refractivity contribution in [2.45, 2.75) is 50.1 Å². The molecule has 0 saturated carbocycles. The number of alkyl halides is 2. The molecule has 8 nitrogen and oxygen atoms in total. The fraction of sp³-hybridized carbons (Fsp3) is 0.381. The van der Waals surface area contributed by atoms with Crippen LogP contribution in [0.25, 0.3) is 16.9 Å². The number of hydrogen-bond donors (Lipinski definition) is 0. The smallest absolute Gasteiger partial charge is 0.310 e. The molecule has 4 aromatic rings. The lowest BCUT2D eigenvalue weighted by Gasteiger charge is -2.39. The number of rotatable bonds is 3. The molecule has 0 radical (unpaired) electrons. The van der Waals surface area contributed by atoms with E-state index in [1.165, 1.54) is 16.9 Å². The van der Waals surface area contributed by atoms with Crippen LogP contribution in [0.15, 0.2) is 41.1 Å². The molecule has 0 aliphatic carbocycles. The van der Waals surface area contributed by atoms with Crippen LogP contribution in [-0.4, -0.2) is 47.5 Å².